The Balaban J connectivity index is 2.36. The summed E-state index contributed by atoms with van der Waals surface area (Å²) in [6, 6.07) is 4.96. The molecule has 21 heavy (non-hydrogen) atoms. The molecule has 0 aromatic heterocycles. The second kappa shape index (κ2) is 6.24. The van der Waals surface area contributed by atoms with E-state index in [0.717, 1.165) is 24.8 Å². The Morgan fingerprint density at radius 1 is 1.33 bits per heavy atom. The van der Waals surface area contributed by atoms with E-state index in [1.165, 1.54) is 0 Å². The highest BCUT2D eigenvalue weighted by Crippen LogP contribution is 2.40. The first-order chi connectivity index (χ1) is 9.88. The van der Waals surface area contributed by atoms with Crippen LogP contribution >= 0.6 is 11.6 Å². The molecule has 0 bridgehead atoms. The maximum absolute atomic E-state index is 12.8. The Kier molecular flexibility index (Phi) is 4.98. The van der Waals surface area contributed by atoms with Crippen LogP contribution in [0, 0.1) is 5.41 Å². The minimum atomic E-state index is -3.55. The fourth-order valence-corrected chi connectivity index (χ4v) is 5.02. The molecule has 6 heteroatoms. The van der Waals surface area contributed by atoms with E-state index >= 15 is 0 Å². The zero-order valence-electron chi connectivity index (χ0n) is 12.6. The molecule has 1 aliphatic heterocycles. The summed E-state index contributed by atoms with van der Waals surface area (Å²) in [5, 5.41) is 0.262. The molecule has 4 nitrogen and oxygen atoms in total. The molecule has 1 aromatic carbocycles. The quantitative estimate of drug-likeness (QED) is 0.902. The van der Waals surface area contributed by atoms with Gasteiger partial charge in [0.2, 0.25) is 10.0 Å². The summed E-state index contributed by atoms with van der Waals surface area (Å²) >= 11 is 6.11. The van der Waals surface area contributed by atoms with Crippen LogP contribution in [0.15, 0.2) is 23.1 Å². The lowest BCUT2D eigenvalue weighted by atomic mass is 9.82. The second-order valence-corrected chi connectivity index (χ2v) is 8.08. The van der Waals surface area contributed by atoms with Crippen molar-refractivity contribution in [2.45, 2.75) is 44.6 Å². The molecule has 1 fully saturated rings. The van der Waals surface area contributed by atoms with Gasteiger partial charge in [-0.25, -0.2) is 8.42 Å². The van der Waals surface area contributed by atoms with Crippen molar-refractivity contribution in [3.8, 4) is 0 Å². The number of halogens is 1. The van der Waals surface area contributed by atoms with Crippen LogP contribution in [0.25, 0.3) is 0 Å². The SMILES string of the molecule is CCC1(CC)CCN(S(=O)(=O)c2cc(CN)ccc2Cl)C1. The van der Waals surface area contributed by atoms with Gasteiger partial charge in [-0.3, -0.25) is 0 Å². The van der Waals surface area contributed by atoms with Crippen LogP contribution < -0.4 is 5.73 Å². The van der Waals surface area contributed by atoms with Gasteiger partial charge in [0.15, 0.2) is 0 Å². The molecular weight excluding hydrogens is 308 g/mol. The van der Waals surface area contributed by atoms with Gasteiger partial charge in [-0.2, -0.15) is 4.31 Å². The number of sulfonamides is 1. The lowest BCUT2D eigenvalue weighted by molar-refractivity contribution is 0.279. The van der Waals surface area contributed by atoms with Gasteiger partial charge in [0.05, 0.1) is 5.02 Å². The van der Waals surface area contributed by atoms with E-state index in [0.29, 0.717) is 19.6 Å². The third kappa shape index (κ3) is 3.11. The largest absolute Gasteiger partial charge is 0.326 e. The van der Waals surface area contributed by atoms with Crippen molar-refractivity contribution in [1.29, 1.82) is 0 Å². The maximum Gasteiger partial charge on any atom is 0.244 e. The molecule has 2 rings (SSSR count). The lowest BCUT2D eigenvalue weighted by Crippen LogP contribution is -2.32. The predicted octanol–water partition coefficient (Wildman–Crippen LogP) is 3.00. The fraction of sp³-hybridized carbons (Fsp3) is 0.600. The van der Waals surface area contributed by atoms with Gasteiger partial charge in [-0.15, -0.1) is 0 Å². The number of nitrogens with zero attached hydrogens (tertiary/aromatic N) is 1. The van der Waals surface area contributed by atoms with Crippen molar-refractivity contribution in [1.82, 2.24) is 4.31 Å². The average Bonchev–Trinajstić information content (AvgIpc) is 2.93. The monoisotopic (exact) mass is 330 g/mol. The molecule has 2 N–H and O–H groups in total. The number of rotatable bonds is 5. The van der Waals surface area contributed by atoms with Crippen LogP contribution in [0.1, 0.15) is 38.7 Å². The lowest BCUT2D eigenvalue weighted by Gasteiger charge is -2.26. The topological polar surface area (TPSA) is 63.4 Å². The predicted molar refractivity (Wildman–Crippen MR) is 85.7 cm³/mol. The summed E-state index contributed by atoms with van der Waals surface area (Å²) in [5.41, 5.74) is 6.47. The standard InChI is InChI=1S/C15H23ClN2O2S/c1-3-15(4-2)7-8-18(11-15)21(19,20)14-9-12(10-17)5-6-13(14)16/h5-6,9H,3-4,7-8,10-11,17H2,1-2H3. The fourth-order valence-electron chi connectivity index (χ4n) is 2.94. The Morgan fingerprint density at radius 3 is 2.52 bits per heavy atom. The highest BCUT2D eigenvalue weighted by Gasteiger charge is 2.41. The Morgan fingerprint density at radius 2 is 2.00 bits per heavy atom. The van der Waals surface area contributed by atoms with Gasteiger partial charge in [0, 0.05) is 19.6 Å². The highest BCUT2D eigenvalue weighted by atomic mass is 35.5. The van der Waals surface area contributed by atoms with Crippen molar-refractivity contribution in [2.24, 2.45) is 11.1 Å². The summed E-state index contributed by atoms with van der Waals surface area (Å²) in [7, 11) is -3.55. The summed E-state index contributed by atoms with van der Waals surface area (Å²) < 4.78 is 27.3. The Hall–Kier alpha value is -0.620. The molecule has 0 unspecified atom stereocenters. The molecule has 0 amide bonds. The third-order valence-electron chi connectivity index (χ3n) is 4.75. The zero-order valence-corrected chi connectivity index (χ0v) is 14.2. The van der Waals surface area contributed by atoms with Gasteiger partial charge in [0.25, 0.3) is 0 Å². The van der Waals surface area contributed by atoms with E-state index in [1.54, 1.807) is 22.5 Å². The van der Waals surface area contributed by atoms with Crippen LogP contribution in [0.4, 0.5) is 0 Å². The summed E-state index contributed by atoms with van der Waals surface area (Å²) in [5.74, 6) is 0. The summed E-state index contributed by atoms with van der Waals surface area (Å²) in [4.78, 5) is 0.176. The smallest absolute Gasteiger partial charge is 0.244 e. The first-order valence-electron chi connectivity index (χ1n) is 7.37. The highest BCUT2D eigenvalue weighted by molar-refractivity contribution is 7.89. The van der Waals surface area contributed by atoms with Gasteiger partial charge in [0.1, 0.15) is 4.90 Å². The summed E-state index contributed by atoms with van der Waals surface area (Å²) in [6.07, 6.45) is 2.89. The summed E-state index contributed by atoms with van der Waals surface area (Å²) in [6.45, 7) is 5.69. The molecule has 0 spiro atoms. The van der Waals surface area contributed by atoms with E-state index < -0.39 is 10.0 Å². The van der Waals surface area contributed by atoms with E-state index in [9.17, 15) is 8.42 Å². The second-order valence-electron chi connectivity index (χ2n) is 5.76. The molecule has 0 radical (unpaired) electrons. The molecular formula is C15H23ClN2O2S. The first kappa shape index (κ1) is 16.7. The van der Waals surface area contributed by atoms with E-state index in [1.807, 2.05) is 0 Å². The van der Waals surface area contributed by atoms with E-state index in [-0.39, 0.29) is 15.3 Å². The van der Waals surface area contributed by atoms with Crippen molar-refractivity contribution in [3.05, 3.63) is 28.8 Å². The van der Waals surface area contributed by atoms with Crippen LogP contribution in [0.5, 0.6) is 0 Å². The number of hydrogen-bond acceptors (Lipinski definition) is 3. The molecule has 0 aliphatic carbocycles. The molecule has 0 saturated carbocycles. The van der Waals surface area contributed by atoms with Crippen molar-refractivity contribution < 1.29 is 8.42 Å². The van der Waals surface area contributed by atoms with Gasteiger partial charge >= 0.3 is 0 Å². The van der Waals surface area contributed by atoms with E-state index in [4.69, 9.17) is 17.3 Å². The van der Waals surface area contributed by atoms with Gasteiger partial charge in [-0.1, -0.05) is 31.5 Å². The normalized spacial score (nSPS) is 19.0. The van der Waals surface area contributed by atoms with Crippen LogP contribution in [0.2, 0.25) is 5.02 Å². The van der Waals surface area contributed by atoms with Gasteiger partial charge in [-0.05, 0) is 42.4 Å². The molecule has 1 aliphatic rings. The maximum atomic E-state index is 12.8. The van der Waals surface area contributed by atoms with Crippen molar-refractivity contribution >= 4 is 21.6 Å². The molecule has 1 heterocycles. The Bertz CT molecular complexity index is 612. The number of benzene rings is 1. The van der Waals surface area contributed by atoms with Crippen molar-refractivity contribution in [3.63, 3.8) is 0 Å². The minimum Gasteiger partial charge on any atom is -0.326 e. The first-order valence-corrected chi connectivity index (χ1v) is 9.19. The Labute approximate surface area is 132 Å². The number of hydrogen-bond donors (Lipinski definition) is 1. The van der Waals surface area contributed by atoms with Crippen LogP contribution in [0.3, 0.4) is 0 Å². The van der Waals surface area contributed by atoms with Gasteiger partial charge < -0.3 is 5.73 Å². The number of nitrogens with two attached hydrogens (primary N) is 1. The molecule has 1 saturated heterocycles. The van der Waals surface area contributed by atoms with Crippen LogP contribution in [-0.2, 0) is 16.6 Å². The molecule has 118 valence electrons. The third-order valence-corrected chi connectivity index (χ3v) is 7.08. The molecule has 1 aromatic rings. The van der Waals surface area contributed by atoms with Crippen LogP contribution in [-0.4, -0.2) is 25.8 Å². The van der Waals surface area contributed by atoms with Crippen molar-refractivity contribution in [2.75, 3.05) is 13.1 Å². The average molecular weight is 331 g/mol. The van der Waals surface area contributed by atoms with E-state index in [2.05, 4.69) is 13.8 Å². The minimum absolute atomic E-state index is 0.102. The molecule has 0 atom stereocenters. The zero-order chi connectivity index (χ0) is 15.7.